The van der Waals surface area contributed by atoms with Crippen molar-refractivity contribution in [2.45, 2.75) is 51.9 Å². The van der Waals surface area contributed by atoms with E-state index in [2.05, 4.69) is 18.4 Å². The highest BCUT2D eigenvalue weighted by Crippen LogP contribution is 2.26. The molecular weight excluding hydrogens is 274 g/mol. The molecule has 1 aromatic rings. The molecule has 2 rings (SSSR count). The predicted octanol–water partition coefficient (Wildman–Crippen LogP) is 3.84. The SMILES string of the molecule is C[C@@H](O[C@H]1CCN(C(=O)OC(C)(C)C)C1)c1cccs1. The van der Waals surface area contributed by atoms with Gasteiger partial charge in [0.2, 0.25) is 0 Å². The lowest BCUT2D eigenvalue weighted by Gasteiger charge is -2.24. The molecular formula is C15H23NO3S. The quantitative estimate of drug-likeness (QED) is 0.851. The van der Waals surface area contributed by atoms with Crippen LogP contribution in [0, 0.1) is 0 Å². The fourth-order valence-corrected chi connectivity index (χ4v) is 2.93. The van der Waals surface area contributed by atoms with E-state index in [1.807, 2.05) is 26.8 Å². The van der Waals surface area contributed by atoms with E-state index < -0.39 is 5.60 Å². The standard InChI is InChI=1S/C15H23NO3S/c1-11(13-6-5-9-20-13)18-12-7-8-16(10-12)14(17)19-15(2,3)4/h5-6,9,11-12H,7-8,10H2,1-4H3/t11-,12+/m1/s1. The molecule has 1 amide bonds. The molecule has 0 N–H and O–H groups in total. The van der Waals surface area contributed by atoms with Crippen molar-refractivity contribution >= 4 is 17.4 Å². The molecule has 5 heteroatoms. The summed E-state index contributed by atoms with van der Waals surface area (Å²) >= 11 is 1.70. The van der Waals surface area contributed by atoms with Crippen LogP contribution in [0.1, 0.15) is 45.1 Å². The van der Waals surface area contributed by atoms with Crippen LogP contribution >= 0.6 is 11.3 Å². The lowest BCUT2D eigenvalue weighted by Crippen LogP contribution is -2.36. The average Bonchev–Trinajstić information content (AvgIpc) is 2.97. The Hall–Kier alpha value is -1.07. The number of hydrogen-bond donors (Lipinski definition) is 0. The molecule has 0 radical (unpaired) electrons. The monoisotopic (exact) mass is 297 g/mol. The van der Waals surface area contributed by atoms with Gasteiger partial charge in [-0.15, -0.1) is 11.3 Å². The highest BCUT2D eigenvalue weighted by molar-refractivity contribution is 7.10. The van der Waals surface area contributed by atoms with Gasteiger partial charge in [-0.2, -0.15) is 0 Å². The molecule has 0 bridgehead atoms. The van der Waals surface area contributed by atoms with Crippen LogP contribution < -0.4 is 0 Å². The number of amides is 1. The Morgan fingerprint density at radius 3 is 2.85 bits per heavy atom. The Kier molecular flexibility index (Phi) is 4.70. The topological polar surface area (TPSA) is 38.8 Å². The summed E-state index contributed by atoms with van der Waals surface area (Å²) in [6.07, 6.45) is 0.806. The van der Waals surface area contributed by atoms with Crippen molar-refractivity contribution in [1.82, 2.24) is 4.90 Å². The summed E-state index contributed by atoms with van der Waals surface area (Å²) in [4.78, 5) is 14.9. The van der Waals surface area contributed by atoms with Gasteiger partial charge >= 0.3 is 6.09 Å². The molecule has 112 valence electrons. The van der Waals surface area contributed by atoms with Crippen LogP contribution in [0.15, 0.2) is 17.5 Å². The van der Waals surface area contributed by atoms with Crippen LogP contribution in [0.4, 0.5) is 4.79 Å². The Bertz CT molecular complexity index is 438. The van der Waals surface area contributed by atoms with Crippen molar-refractivity contribution in [1.29, 1.82) is 0 Å². The van der Waals surface area contributed by atoms with E-state index in [4.69, 9.17) is 9.47 Å². The van der Waals surface area contributed by atoms with Gasteiger partial charge in [-0.1, -0.05) is 6.07 Å². The lowest BCUT2D eigenvalue weighted by atomic mass is 10.2. The van der Waals surface area contributed by atoms with E-state index >= 15 is 0 Å². The minimum Gasteiger partial charge on any atom is -0.444 e. The minimum absolute atomic E-state index is 0.0820. The molecule has 1 fully saturated rings. The third-order valence-corrected chi connectivity index (χ3v) is 4.17. The highest BCUT2D eigenvalue weighted by atomic mass is 32.1. The van der Waals surface area contributed by atoms with Crippen molar-refractivity contribution in [3.63, 3.8) is 0 Å². The van der Waals surface area contributed by atoms with Gasteiger partial charge in [0.1, 0.15) is 5.60 Å². The summed E-state index contributed by atoms with van der Waals surface area (Å²) in [5.74, 6) is 0. The molecule has 2 atom stereocenters. The first kappa shape index (κ1) is 15.3. The van der Waals surface area contributed by atoms with Crippen molar-refractivity contribution in [3.8, 4) is 0 Å². The molecule has 1 aliphatic rings. The Balaban J connectivity index is 1.82. The smallest absolute Gasteiger partial charge is 0.410 e. The van der Waals surface area contributed by atoms with E-state index in [0.717, 1.165) is 6.42 Å². The molecule has 0 aromatic carbocycles. The van der Waals surface area contributed by atoms with Gasteiger partial charge in [0.15, 0.2) is 0 Å². The van der Waals surface area contributed by atoms with Gasteiger partial charge < -0.3 is 14.4 Å². The van der Waals surface area contributed by atoms with Gasteiger partial charge in [0.05, 0.1) is 18.8 Å². The van der Waals surface area contributed by atoms with E-state index in [0.29, 0.717) is 13.1 Å². The Morgan fingerprint density at radius 2 is 2.25 bits per heavy atom. The van der Waals surface area contributed by atoms with Gasteiger partial charge in [-0.05, 0) is 45.6 Å². The zero-order valence-electron chi connectivity index (χ0n) is 12.6. The molecule has 0 spiro atoms. The first-order chi connectivity index (χ1) is 9.35. The van der Waals surface area contributed by atoms with Crippen molar-refractivity contribution in [2.75, 3.05) is 13.1 Å². The van der Waals surface area contributed by atoms with Crippen LogP contribution in [0.2, 0.25) is 0 Å². The number of carbonyl (C=O) groups is 1. The maximum Gasteiger partial charge on any atom is 0.410 e. The van der Waals surface area contributed by atoms with Crippen LogP contribution in [0.5, 0.6) is 0 Å². The zero-order valence-corrected chi connectivity index (χ0v) is 13.4. The van der Waals surface area contributed by atoms with Crippen LogP contribution in [0.3, 0.4) is 0 Å². The number of ether oxygens (including phenoxy) is 2. The Labute approximate surface area is 124 Å². The lowest BCUT2D eigenvalue weighted by molar-refractivity contribution is -0.00253. The van der Waals surface area contributed by atoms with Crippen molar-refractivity contribution in [2.24, 2.45) is 0 Å². The maximum atomic E-state index is 12.0. The first-order valence-electron chi connectivity index (χ1n) is 7.02. The molecule has 20 heavy (non-hydrogen) atoms. The third kappa shape index (κ3) is 4.21. The summed E-state index contributed by atoms with van der Waals surface area (Å²) in [6.45, 7) is 9.03. The molecule has 1 saturated heterocycles. The first-order valence-corrected chi connectivity index (χ1v) is 7.90. The third-order valence-electron chi connectivity index (χ3n) is 3.14. The number of nitrogens with zero attached hydrogens (tertiary/aromatic N) is 1. The van der Waals surface area contributed by atoms with Crippen molar-refractivity contribution < 1.29 is 14.3 Å². The van der Waals surface area contributed by atoms with Gasteiger partial charge in [-0.3, -0.25) is 0 Å². The van der Waals surface area contributed by atoms with E-state index in [-0.39, 0.29) is 18.3 Å². The van der Waals surface area contributed by atoms with E-state index in [1.165, 1.54) is 4.88 Å². The molecule has 0 aliphatic carbocycles. The second-order valence-corrected chi connectivity index (χ2v) is 7.11. The number of carbonyl (C=O) groups excluding carboxylic acids is 1. The fourth-order valence-electron chi connectivity index (χ4n) is 2.21. The molecule has 1 aromatic heterocycles. The van der Waals surface area contributed by atoms with Gasteiger partial charge in [0, 0.05) is 11.4 Å². The predicted molar refractivity (Wildman–Crippen MR) is 80.0 cm³/mol. The molecule has 4 nitrogen and oxygen atoms in total. The number of rotatable bonds is 3. The van der Waals surface area contributed by atoms with Crippen LogP contribution in [-0.4, -0.2) is 35.8 Å². The minimum atomic E-state index is -0.444. The van der Waals surface area contributed by atoms with Gasteiger partial charge in [-0.25, -0.2) is 4.79 Å². The number of thiophene rings is 1. The van der Waals surface area contributed by atoms with Crippen LogP contribution in [-0.2, 0) is 9.47 Å². The summed E-state index contributed by atoms with van der Waals surface area (Å²) < 4.78 is 11.4. The molecule has 0 unspecified atom stereocenters. The normalized spacial score (nSPS) is 21.0. The van der Waals surface area contributed by atoms with Crippen LogP contribution in [0.25, 0.3) is 0 Å². The molecule has 0 saturated carbocycles. The van der Waals surface area contributed by atoms with E-state index in [1.54, 1.807) is 16.2 Å². The second kappa shape index (κ2) is 6.14. The summed E-state index contributed by atoms with van der Waals surface area (Å²) in [7, 11) is 0. The summed E-state index contributed by atoms with van der Waals surface area (Å²) in [5.41, 5.74) is -0.444. The largest absolute Gasteiger partial charge is 0.444 e. The maximum absolute atomic E-state index is 12.0. The zero-order chi connectivity index (χ0) is 14.8. The van der Waals surface area contributed by atoms with E-state index in [9.17, 15) is 4.79 Å². The fraction of sp³-hybridized carbons (Fsp3) is 0.667. The summed E-state index contributed by atoms with van der Waals surface area (Å²) in [6, 6.07) is 4.11. The van der Waals surface area contributed by atoms with Gasteiger partial charge in [0.25, 0.3) is 0 Å². The second-order valence-electron chi connectivity index (χ2n) is 6.13. The summed E-state index contributed by atoms with van der Waals surface area (Å²) in [5, 5.41) is 2.05. The molecule has 2 heterocycles. The number of likely N-dealkylation sites (tertiary alicyclic amines) is 1. The molecule has 1 aliphatic heterocycles. The number of hydrogen-bond acceptors (Lipinski definition) is 4. The highest BCUT2D eigenvalue weighted by Gasteiger charge is 2.31. The van der Waals surface area contributed by atoms with Crippen molar-refractivity contribution in [3.05, 3.63) is 22.4 Å². The Morgan fingerprint density at radius 1 is 1.50 bits per heavy atom. The average molecular weight is 297 g/mol.